The molecule has 0 bridgehead atoms. The molecule has 90 valence electrons. The molecule has 6 heteroatoms. The second-order valence-corrected chi connectivity index (χ2v) is 4.52. The van der Waals surface area contributed by atoms with Gasteiger partial charge in [0, 0.05) is 18.4 Å². The van der Waals surface area contributed by atoms with Crippen molar-refractivity contribution < 1.29 is 13.2 Å². The Balaban J connectivity index is 2.99. The first-order chi connectivity index (χ1) is 7.31. The highest BCUT2D eigenvalue weighted by Crippen LogP contribution is 2.29. The van der Waals surface area contributed by atoms with Gasteiger partial charge >= 0.3 is 6.18 Å². The quantitative estimate of drug-likeness (QED) is 0.847. The van der Waals surface area contributed by atoms with E-state index >= 15 is 0 Å². The van der Waals surface area contributed by atoms with Crippen molar-refractivity contribution >= 4 is 21.6 Å². The summed E-state index contributed by atoms with van der Waals surface area (Å²) in [4.78, 5) is 5.11. The molecule has 0 aliphatic carbocycles. The minimum atomic E-state index is -4.22. The van der Waals surface area contributed by atoms with Crippen LogP contribution in [0.1, 0.15) is 13.8 Å². The molecule has 0 atom stereocenters. The number of rotatable bonds is 3. The highest BCUT2D eigenvalue weighted by atomic mass is 79.9. The predicted molar refractivity (Wildman–Crippen MR) is 60.5 cm³/mol. The zero-order chi connectivity index (χ0) is 12.3. The highest BCUT2D eigenvalue weighted by Gasteiger charge is 2.32. The first kappa shape index (κ1) is 13.3. The fourth-order valence-electron chi connectivity index (χ4n) is 1.34. The summed E-state index contributed by atoms with van der Waals surface area (Å²) >= 11 is 3.20. The second-order valence-electron chi connectivity index (χ2n) is 3.66. The van der Waals surface area contributed by atoms with Crippen molar-refractivity contribution in [2.75, 3.05) is 11.4 Å². The van der Waals surface area contributed by atoms with Crippen molar-refractivity contribution in [2.45, 2.75) is 26.1 Å². The molecule has 0 saturated carbocycles. The Morgan fingerprint density at radius 3 is 2.50 bits per heavy atom. The molecule has 1 rings (SSSR count). The first-order valence-electron chi connectivity index (χ1n) is 4.74. The third-order valence-electron chi connectivity index (χ3n) is 2.03. The Labute approximate surface area is 101 Å². The van der Waals surface area contributed by atoms with Gasteiger partial charge in [-0.1, -0.05) is 0 Å². The summed E-state index contributed by atoms with van der Waals surface area (Å²) in [6.45, 7) is 2.48. The summed E-state index contributed by atoms with van der Waals surface area (Å²) in [7, 11) is 0. The standard InChI is InChI=1S/C10H12BrF3N2/c1-7(2)16(6-10(12,13)14)9-3-4-15-5-8(9)11/h3-5,7H,6H2,1-2H3. The number of hydrogen-bond donors (Lipinski definition) is 0. The summed E-state index contributed by atoms with van der Waals surface area (Å²) in [5, 5.41) is 0. The lowest BCUT2D eigenvalue weighted by molar-refractivity contribution is -0.120. The van der Waals surface area contributed by atoms with Gasteiger partial charge in [0.2, 0.25) is 0 Å². The molecule has 0 aliphatic heterocycles. The van der Waals surface area contributed by atoms with E-state index in [1.807, 2.05) is 0 Å². The second kappa shape index (κ2) is 5.03. The van der Waals surface area contributed by atoms with Crippen LogP contribution in [-0.4, -0.2) is 23.7 Å². The van der Waals surface area contributed by atoms with Crippen LogP contribution in [0, 0.1) is 0 Å². The van der Waals surface area contributed by atoms with Crippen LogP contribution in [-0.2, 0) is 0 Å². The third kappa shape index (κ3) is 3.66. The lowest BCUT2D eigenvalue weighted by atomic mass is 10.2. The smallest absolute Gasteiger partial charge is 0.359 e. The molecule has 1 heterocycles. The van der Waals surface area contributed by atoms with Crippen LogP contribution in [0.3, 0.4) is 0 Å². The van der Waals surface area contributed by atoms with E-state index in [1.165, 1.54) is 17.3 Å². The fraction of sp³-hybridized carbons (Fsp3) is 0.500. The van der Waals surface area contributed by atoms with E-state index in [2.05, 4.69) is 20.9 Å². The molecule has 0 radical (unpaired) electrons. The average molecular weight is 297 g/mol. The Bertz CT molecular complexity index is 352. The van der Waals surface area contributed by atoms with Crippen LogP contribution < -0.4 is 4.90 Å². The van der Waals surface area contributed by atoms with Gasteiger partial charge in [-0.3, -0.25) is 4.98 Å². The van der Waals surface area contributed by atoms with Crippen LogP contribution in [0.2, 0.25) is 0 Å². The zero-order valence-electron chi connectivity index (χ0n) is 8.92. The maximum Gasteiger partial charge on any atom is 0.405 e. The molecule has 0 amide bonds. The lowest BCUT2D eigenvalue weighted by Gasteiger charge is -2.30. The molecular formula is C10H12BrF3N2. The van der Waals surface area contributed by atoms with Crippen molar-refractivity contribution in [1.82, 2.24) is 4.98 Å². The highest BCUT2D eigenvalue weighted by molar-refractivity contribution is 9.10. The SMILES string of the molecule is CC(C)N(CC(F)(F)F)c1ccncc1Br. The van der Waals surface area contributed by atoms with Gasteiger partial charge in [0.1, 0.15) is 6.54 Å². The summed E-state index contributed by atoms with van der Waals surface area (Å²) in [6, 6.07) is 1.33. The molecule has 0 aliphatic rings. The van der Waals surface area contributed by atoms with Gasteiger partial charge in [-0.05, 0) is 35.8 Å². The number of halogens is 4. The molecule has 0 N–H and O–H groups in total. The predicted octanol–water partition coefficient (Wildman–Crippen LogP) is 3.62. The van der Waals surface area contributed by atoms with E-state index in [4.69, 9.17) is 0 Å². The Morgan fingerprint density at radius 1 is 1.44 bits per heavy atom. The van der Waals surface area contributed by atoms with Crippen molar-refractivity contribution in [3.05, 3.63) is 22.9 Å². The van der Waals surface area contributed by atoms with Gasteiger partial charge in [0.05, 0.1) is 10.2 Å². The van der Waals surface area contributed by atoms with Gasteiger partial charge in [0.25, 0.3) is 0 Å². The Hall–Kier alpha value is -0.780. The van der Waals surface area contributed by atoms with Crippen molar-refractivity contribution in [3.63, 3.8) is 0 Å². The van der Waals surface area contributed by atoms with Crippen molar-refractivity contribution in [3.8, 4) is 0 Å². The van der Waals surface area contributed by atoms with E-state index in [-0.39, 0.29) is 6.04 Å². The molecule has 0 saturated heterocycles. The normalized spacial score (nSPS) is 11.9. The van der Waals surface area contributed by atoms with Crippen LogP contribution in [0.5, 0.6) is 0 Å². The molecule has 0 aromatic carbocycles. The van der Waals surface area contributed by atoms with E-state index in [1.54, 1.807) is 19.9 Å². The average Bonchev–Trinajstić information content (AvgIpc) is 2.13. The lowest BCUT2D eigenvalue weighted by Crippen LogP contribution is -2.39. The topological polar surface area (TPSA) is 16.1 Å². The van der Waals surface area contributed by atoms with Gasteiger partial charge < -0.3 is 4.90 Å². The van der Waals surface area contributed by atoms with Gasteiger partial charge in [-0.15, -0.1) is 0 Å². The molecule has 1 aromatic rings. The number of nitrogens with zero attached hydrogens (tertiary/aromatic N) is 2. The fourth-order valence-corrected chi connectivity index (χ4v) is 1.82. The van der Waals surface area contributed by atoms with Crippen LogP contribution in [0.4, 0.5) is 18.9 Å². The minimum Gasteiger partial charge on any atom is -0.359 e. The third-order valence-corrected chi connectivity index (χ3v) is 2.64. The summed E-state index contributed by atoms with van der Waals surface area (Å²) in [6.07, 6.45) is -1.25. The zero-order valence-corrected chi connectivity index (χ0v) is 10.5. The minimum absolute atomic E-state index is 0.236. The molecular weight excluding hydrogens is 285 g/mol. The molecule has 2 nitrogen and oxygen atoms in total. The summed E-state index contributed by atoms with van der Waals surface area (Å²) < 4.78 is 37.8. The molecule has 16 heavy (non-hydrogen) atoms. The Morgan fingerprint density at radius 2 is 2.06 bits per heavy atom. The number of hydrogen-bond acceptors (Lipinski definition) is 2. The van der Waals surface area contributed by atoms with E-state index in [0.29, 0.717) is 10.2 Å². The number of aromatic nitrogens is 1. The maximum absolute atomic E-state index is 12.4. The molecule has 0 fully saturated rings. The van der Waals surface area contributed by atoms with Gasteiger partial charge in [0.15, 0.2) is 0 Å². The van der Waals surface area contributed by atoms with Crippen LogP contribution >= 0.6 is 15.9 Å². The molecule has 0 unspecified atom stereocenters. The maximum atomic E-state index is 12.4. The van der Waals surface area contributed by atoms with Crippen molar-refractivity contribution in [2.24, 2.45) is 0 Å². The Kier molecular flexibility index (Phi) is 4.18. The van der Waals surface area contributed by atoms with Crippen molar-refractivity contribution in [1.29, 1.82) is 0 Å². The summed E-state index contributed by atoms with van der Waals surface area (Å²) in [5.41, 5.74) is 0.502. The molecule has 1 aromatic heterocycles. The number of alkyl halides is 3. The van der Waals surface area contributed by atoms with E-state index in [9.17, 15) is 13.2 Å². The van der Waals surface area contributed by atoms with Crippen LogP contribution in [0.25, 0.3) is 0 Å². The van der Waals surface area contributed by atoms with Crippen LogP contribution in [0.15, 0.2) is 22.9 Å². The first-order valence-corrected chi connectivity index (χ1v) is 5.53. The number of anilines is 1. The van der Waals surface area contributed by atoms with Gasteiger partial charge in [-0.2, -0.15) is 13.2 Å². The number of pyridine rings is 1. The van der Waals surface area contributed by atoms with E-state index in [0.717, 1.165) is 0 Å². The summed E-state index contributed by atoms with van der Waals surface area (Å²) in [5.74, 6) is 0. The van der Waals surface area contributed by atoms with E-state index < -0.39 is 12.7 Å². The van der Waals surface area contributed by atoms with Gasteiger partial charge in [-0.25, -0.2) is 0 Å². The largest absolute Gasteiger partial charge is 0.405 e. The molecule has 0 spiro atoms. The monoisotopic (exact) mass is 296 g/mol.